The number of pyridine rings is 1. The van der Waals surface area contributed by atoms with Crippen LogP contribution in [0.4, 0.5) is 0 Å². The first-order valence-electron chi connectivity index (χ1n) is 6.29. The van der Waals surface area contributed by atoms with E-state index in [1.165, 1.54) is 7.11 Å². The third kappa shape index (κ3) is 5.14. The van der Waals surface area contributed by atoms with E-state index in [-0.39, 0.29) is 12.3 Å². The lowest BCUT2D eigenvalue weighted by Crippen LogP contribution is -2.32. The van der Waals surface area contributed by atoms with Gasteiger partial charge in [-0.3, -0.25) is 0 Å². The van der Waals surface area contributed by atoms with Gasteiger partial charge in [0.1, 0.15) is 0 Å². The molecule has 0 unspecified atom stereocenters. The van der Waals surface area contributed by atoms with Crippen LogP contribution in [0, 0.1) is 0 Å². The molecule has 0 amide bonds. The molecule has 1 aromatic rings. The molecule has 1 heterocycles. The molecule has 0 saturated heterocycles. The average Bonchev–Trinajstić information content (AvgIpc) is 3.21. The number of methoxy groups -OCH3 is 1. The molecule has 0 aromatic carbocycles. The molecule has 2 rings (SSSR count). The topological polar surface area (TPSA) is 80.3 Å². The second kappa shape index (κ2) is 6.31. The third-order valence-electron chi connectivity index (χ3n) is 2.89. The summed E-state index contributed by atoms with van der Waals surface area (Å²) < 4.78 is 31.1. The van der Waals surface area contributed by atoms with Crippen LogP contribution in [0.1, 0.15) is 18.4 Å². The summed E-state index contributed by atoms with van der Waals surface area (Å²) in [7, 11) is -1.71. The first-order valence-corrected chi connectivity index (χ1v) is 7.94. The molecular formula is C12H19N3O3S. The van der Waals surface area contributed by atoms with E-state index in [9.17, 15) is 8.42 Å². The van der Waals surface area contributed by atoms with E-state index in [1.54, 1.807) is 18.3 Å². The Kier molecular flexibility index (Phi) is 4.73. The number of hydrogen-bond donors (Lipinski definition) is 2. The van der Waals surface area contributed by atoms with Gasteiger partial charge in [-0.25, -0.2) is 18.1 Å². The minimum Gasteiger partial charge on any atom is -0.481 e. The molecule has 1 aliphatic carbocycles. The van der Waals surface area contributed by atoms with Crippen LogP contribution in [-0.4, -0.2) is 38.9 Å². The Morgan fingerprint density at radius 1 is 1.47 bits per heavy atom. The summed E-state index contributed by atoms with van der Waals surface area (Å²) in [6.45, 7) is 0.754. The number of nitrogens with one attached hydrogen (secondary N) is 2. The van der Waals surface area contributed by atoms with Crippen molar-refractivity contribution in [2.45, 2.75) is 25.4 Å². The molecule has 0 radical (unpaired) electrons. The fourth-order valence-electron chi connectivity index (χ4n) is 1.62. The van der Waals surface area contributed by atoms with Gasteiger partial charge in [0, 0.05) is 31.4 Å². The molecule has 7 heteroatoms. The monoisotopic (exact) mass is 285 g/mol. The maximum Gasteiger partial charge on any atom is 0.213 e. The molecule has 1 aromatic heterocycles. The second-order valence-electron chi connectivity index (χ2n) is 4.57. The zero-order valence-corrected chi connectivity index (χ0v) is 11.7. The maximum atomic E-state index is 11.8. The first kappa shape index (κ1) is 14.2. The quantitative estimate of drug-likeness (QED) is 0.716. The molecule has 1 aliphatic rings. The Labute approximate surface area is 113 Å². The largest absolute Gasteiger partial charge is 0.481 e. The van der Waals surface area contributed by atoms with Crippen LogP contribution in [-0.2, 0) is 16.6 Å². The van der Waals surface area contributed by atoms with Crippen molar-refractivity contribution < 1.29 is 13.2 Å². The van der Waals surface area contributed by atoms with Crippen molar-refractivity contribution in [1.29, 1.82) is 0 Å². The van der Waals surface area contributed by atoms with Gasteiger partial charge in [0.05, 0.1) is 12.9 Å². The number of sulfonamides is 1. The molecular weight excluding hydrogens is 266 g/mol. The lowest BCUT2D eigenvalue weighted by molar-refractivity contribution is 0.397. The number of rotatable bonds is 8. The Morgan fingerprint density at radius 2 is 2.26 bits per heavy atom. The van der Waals surface area contributed by atoms with Crippen molar-refractivity contribution in [3.8, 4) is 5.88 Å². The first-order chi connectivity index (χ1) is 9.09. The van der Waals surface area contributed by atoms with E-state index in [2.05, 4.69) is 15.0 Å². The highest BCUT2D eigenvalue weighted by molar-refractivity contribution is 7.89. The summed E-state index contributed by atoms with van der Waals surface area (Å²) >= 11 is 0. The van der Waals surface area contributed by atoms with Crippen LogP contribution in [0.2, 0.25) is 0 Å². The van der Waals surface area contributed by atoms with Crippen LogP contribution >= 0.6 is 0 Å². The SMILES string of the molecule is COc1cc(CNS(=O)(=O)CCNC2CC2)ccn1. The summed E-state index contributed by atoms with van der Waals surface area (Å²) in [6, 6.07) is 4.00. The maximum absolute atomic E-state index is 11.8. The molecule has 0 bridgehead atoms. The lowest BCUT2D eigenvalue weighted by Gasteiger charge is -2.08. The molecule has 0 spiro atoms. The normalized spacial score (nSPS) is 15.4. The van der Waals surface area contributed by atoms with Gasteiger partial charge in [0.15, 0.2) is 0 Å². The van der Waals surface area contributed by atoms with E-state index < -0.39 is 10.0 Å². The summed E-state index contributed by atoms with van der Waals surface area (Å²) in [4.78, 5) is 3.97. The Balaban J connectivity index is 1.78. The minimum absolute atomic E-state index is 0.103. The zero-order chi connectivity index (χ0) is 13.7. The predicted molar refractivity (Wildman–Crippen MR) is 72.4 cm³/mol. The van der Waals surface area contributed by atoms with Crippen molar-refractivity contribution in [1.82, 2.24) is 15.0 Å². The number of nitrogens with zero attached hydrogens (tertiary/aromatic N) is 1. The molecule has 2 N–H and O–H groups in total. The van der Waals surface area contributed by atoms with Gasteiger partial charge in [-0.2, -0.15) is 0 Å². The van der Waals surface area contributed by atoms with Gasteiger partial charge in [-0.1, -0.05) is 0 Å². The summed E-state index contributed by atoms with van der Waals surface area (Å²) in [5.41, 5.74) is 0.825. The standard InChI is InChI=1S/C12H19N3O3S/c1-18-12-8-10(4-5-14-12)9-15-19(16,17)7-6-13-11-2-3-11/h4-5,8,11,13,15H,2-3,6-7,9H2,1H3. The molecule has 0 aliphatic heterocycles. The van der Waals surface area contributed by atoms with Crippen LogP contribution in [0.15, 0.2) is 18.3 Å². The molecule has 19 heavy (non-hydrogen) atoms. The van der Waals surface area contributed by atoms with E-state index >= 15 is 0 Å². The number of aromatic nitrogens is 1. The molecule has 106 valence electrons. The highest BCUT2D eigenvalue weighted by Gasteiger charge is 2.21. The van der Waals surface area contributed by atoms with Gasteiger partial charge in [-0.15, -0.1) is 0 Å². The Hall–Kier alpha value is -1.18. The highest BCUT2D eigenvalue weighted by atomic mass is 32.2. The Morgan fingerprint density at radius 3 is 2.95 bits per heavy atom. The number of ether oxygens (including phenoxy) is 1. The average molecular weight is 285 g/mol. The smallest absolute Gasteiger partial charge is 0.213 e. The van der Waals surface area contributed by atoms with Crippen LogP contribution in [0.25, 0.3) is 0 Å². The van der Waals surface area contributed by atoms with Crippen molar-refractivity contribution in [3.63, 3.8) is 0 Å². The van der Waals surface area contributed by atoms with E-state index in [4.69, 9.17) is 4.74 Å². The van der Waals surface area contributed by atoms with E-state index in [0.717, 1.165) is 18.4 Å². The van der Waals surface area contributed by atoms with Gasteiger partial charge in [0.25, 0.3) is 0 Å². The third-order valence-corrected chi connectivity index (χ3v) is 4.21. The van der Waals surface area contributed by atoms with Crippen molar-refractivity contribution in [3.05, 3.63) is 23.9 Å². The van der Waals surface area contributed by atoms with Crippen LogP contribution in [0.3, 0.4) is 0 Å². The van der Waals surface area contributed by atoms with E-state index in [1.807, 2.05) is 0 Å². The summed E-state index contributed by atoms with van der Waals surface area (Å²) in [5, 5.41) is 3.18. The van der Waals surface area contributed by atoms with Crippen LogP contribution < -0.4 is 14.8 Å². The van der Waals surface area contributed by atoms with Crippen LogP contribution in [0.5, 0.6) is 5.88 Å². The van der Waals surface area contributed by atoms with Gasteiger partial charge in [0.2, 0.25) is 15.9 Å². The van der Waals surface area contributed by atoms with Crippen molar-refractivity contribution >= 4 is 10.0 Å². The fourth-order valence-corrected chi connectivity index (χ4v) is 2.54. The van der Waals surface area contributed by atoms with Gasteiger partial charge in [-0.05, 0) is 24.5 Å². The molecule has 0 atom stereocenters. The van der Waals surface area contributed by atoms with Crippen molar-refractivity contribution in [2.75, 3.05) is 19.4 Å². The minimum atomic E-state index is -3.24. The second-order valence-corrected chi connectivity index (χ2v) is 6.50. The molecule has 1 fully saturated rings. The molecule has 6 nitrogen and oxygen atoms in total. The number of hydrogen-bond acceptors (Lipinski definition) is 5. The lowest BCUT2D eigenvalue weighted by atomic mass is 10.3. The van der Waals surface area contributed by atoms with Gasteiger partial charge < -0.3 is 10.1 Å². The van der Waals surface area contributed by atoms with Gasteiger partial charge >= 0.3 is 0 Å². The van der Waals surface area contributed by atoms with E-state index in [0.29, 0.717) is 18.5 Å². The fraction of sp³-hybridized carbons (Fsp3) is 0.583. The summed E-state index contributed by atoms with van der Waals surface area (Å²) in [6.07, 6.45) is 3.91. The van der Waals surface area contributed by atoms with Crippen molar-refractivity contribution in [2.24, 2.45) is 0 Å². The molecule has 1 saturated carbocycles. The summed E-state index contributed by atoms with van der Waals surface area (Å²) in [5.74, 6) is 0.582. The Bertz CT molecular complexity index is 515. The highest BCUT2D eigenvalue weighted by Crippen LogP contribution is 2.18. The predicted octanol–water partition coefficient (Wildman–Crippen LogP) is 0.262. The zero-order valence-electron chi connectivity index (χ0n) is 10.9.